The lowest BCUT2D eigenvalue weighted by Crippen LogP contribution is -2.58. The molecule has 2 unspecified atom stereocenters. The van der Waals surface area contributed by atoms with Gasteiger partial charge in [-0.2, -0.15) is 0 Å². The van der Waals surface area contributed by atoms with Gasteiger partial charge in [0.15, 0.2) is 0 Å². The van der Waals surface area contributed by atoms with Gasteiger partial charge in [0.2, 0.25) is 0 Å². The van der Waals surface area contributed by atoms with E-state index >= 15 is 0 Å². The number of nitrogens with zero attached hydrogens (tertiary/aromatic N) is 1. The molecule has 0 aromatic heterocycles. The van der Waals surface area contributed by atoms with Gasteiger partial charge in [-0.25, -0.2) is 0 Å². The standard InChI is InChI=1S/C16H24N2O/c1-16(15-5-3-2-4-6-15)13-17-8-9-18(16)11-14-7-10-19-12-14/h2-6,14,17H,7-13H2,1H3. The highest BCUT2D eigenvalue weighted by Gasteiger charge is 2.37. The molecule has 3 rings (SSSR count). The highest BCUT2D eigenvalue weighted by Crippen LogP contribution is 2.31. The average Bonchev–Trinajstić information content (AvgIpc) is 2.96. The molecule has 1 aromatic rings. The highest BCUT2D eigenvalue weighted by molar-refractivity contribution is 5.25. The minimum absolute atomic E-state index is 0.113. The van der Waals surface area contributed by atoms with Gasteiger partial charge >= 0.3 is 0 Å². The second-order valence-corrected chi connectivity index (χ2v) is 5.99. The number of hydrogen-bond donors (Lipinski definition) is 1. The number of rotatable bonds is 3. The van der Waals surface area contributed by atoms with Gasteiger partial charge in [-0.05, 0) is 24.8 Å². The van der Waals surface area contributed by atoms with Gasteiger partial charge in [0, 0.05) is 32.8 Å². The quantitative estimate of drug-likeness (QED) is 0.897. The van der Waals surface area contributed by atoms with Gasteiger partial charge in [0.05, 0.1) is 12.1 Å². The van der Waals surface area contributed by atoms with E-state index < -0.39 is 0 Å². The van der Waals surface area contributed by atoms with Gasteiger partial charge in [-0.3, -0.25) is 4.90 Å². The zero-order valence-electron chi connectivity index (χ0n) is 11.8. The summed E-state index contributed by atoms with van der Waals surface area (Å²) in [6, 6.07) is 10.9. The molecule has 0 amide bonds. The number of ether oxygens (including phenoxy) is 1. The van der Waals surface area contributed by atoms with Crippen molar-refractivity contribution in [3.05, 3.63) is 35.9 Å². The molecule has 2 aliphatic rings. The molecule has 2 saturated heterocycles. The minimum Gasteiger partial charge on any atom is -0.381 e. The van der Waals surface area contributed by atoms with Crippen LogP contribution >= 0.6 is 0 Å². The van der Waals surface area contributed by atoms with Crippen LogP contribution in [0.25, 0.3) is 0 Å². The molecule has 2 atom stereocenters. The van der Waals surface area contributed by atoms with Crippen LogP contribution in [0.1, 0.15) is 18.9 Å². The molecule has 0 aliphatic carbocycles. The Morgan fingerprint density at radius 2 is 2.21 bits per heavy atom. The molecule has 2 aliphatic heterocycles. The molecule has 3 nitrogen and oxygen atoms in total. The SMILES string of the molecule is CC1(c2ccccc2)CNCCN1CC1CCOC1. The van der Waals surface area contributed by atoms with Crippen LogP contribution in [0.3, 0.4) is 0 Å². The highest BCUT2D eigenvalue weighted by atomic mass is 16.5. The molecule has 104 valence electrons. The van der Waals surface area contributed by atoms with Gasteiger partial charge in [-0.1, -0.05) is 30.3 Å². The number of piperazine rings is 1. The summed E-state index contributed by atoms with van der Waals surface area (Å²) in [5, 5.41) is 3.56. The van der Waals surface area contributed by atoms with Crippen molar-refractivity contribution in [2.24, 2.45) is 5.92 Å². The molecule has 0 bridgehead atoms. The molecular formula is C16H24N2O. The van der Waals surface area contributed by atoms with Crippen molar-refractivity contribution in [2.45, 2.75) is 18.9 Å². The largest absolute Gasteiger partial charge is 0.381 e. The third-order valence-corrected chi connectivity index (χ3v) is 4.62. The third-order valence-electron chi connectivity index (χ3n) is 4.62. The first-order valence-electron chi connectivity index (χ1n) is 7.38. The Kier molecular flexibility index (Phi) is 3.87. The van der Waals surface area contributed by atoms with Crippen LogP contribution in [0.2, 0.25) is 0 Å². The Labute approximate surface area is 115 Å². The molecule has 2 fully saturated rings. The van der Waals surface area contributed by atoms with E-state index in [0.717, 1.165) is 39.4 Å². The lowest BCUT2D eigenvalue weighted by molar-refractivity contribution is 0.0530. The summed E-state index contributed by atoms with van der Waals surface area (Å²) in [7, 11) is 0. The van der Waals surface area contributed by atoms with Crippen LogP contribution in [0.5, 0.6) is 0 Å². The minimum atomic E-state index is 0.113. The van der Waals surface area contributed by atoms with Crippen LogP contribution in [-0.2, 0) is 10.3 Å². The molecule has 19 heavy (non-hydrogen) atoms. The van der Waals surface area contributed by atoms with E-state index in [9.17, 15) is 0 Å². The average molecular weight is 260 g/mol. The second kappa shape index (κ2) is 5.61. The first-order chi connectivity index (χ1) is 9.29. The van der Waals surface area contributed by atoms with Gasteiger partial charge in [-0.15, -0.1) is 0 Å². The van der Waals surface area contributed by atoms with E-state index in [1.54, 1.807) is 0 Å². The zero-order chi connectivity index (χ0) is 13.1. The van der Waals surface area contributed by atoms with Crippen molar-refractivity contribution >= 4 is 0 Å². The number of nitrogens with one attached hydrogen (secondary N) is 1. The summed E-state index contributed by atoms with van der Waals surface area (Å²) in [5.74, 6) is 0.709. The van der Waals surface area contributed by atoms with E-state index in [0.29, 0.717) is 5.92 Å². The summed E-state index contributed by atoms with van der Waals surface area (Å²) < 4.78 is 5.53. The number of hydrogen-bond acceptors (Lipinski definition) is 3. The summed E-state index contributed by atoms with van der Waals surface area (Å²) in [4.78, 5) is 2.65. The first-order valence-corrected chi connectivity index (χ1v) is 7.38. The molecule has 0 spiro atoms. The Morgan fingerprint density at radius 3 is 2.95 bits per heavy atom. The fourth-order valence-corrected chi connectivity index (χ4v) is 3.32. The van der Waals surface area contributed by atoms with Crippen molar-refractivity contribution in [1.29, 1.82) is 0 Å². The predicted octanol–water partition coefficient (Wildman–Crippen LogP) is 1.84. The van der Waals surface area contributed by atoms with Crippen molar-refractivity contribution < 1.29 is 4.74 Å². The predicted molar refractivity (Wildman–Crippen MR) is 77.2 cm³/mol. The molecule has 3 heteroatoms. The molecular weight excluding hydrogens is 236 g/mol. The van der Waals surface area contributed by atoms with E-state index in [1.807, 2.05) is 0 Å². The monoisotopic (exact) mass is 260 g/mol. The maximum absolute atomic E-state index is 5.53. The third kappa shape index (κ3) is 2.69. The Hall–Kier alpha value is -0.900. The van der Waals surface area contributed by atoms with Crippen LogP contribution in [0.15, 0.2) is 30.3 Å². The zero-order valence-corrected chi connectivity index (χ0v) is 11.8. The van der Waals surface area contributed by atoms with Gasteiger partial charge in [0.1, 0.15) is 0 Å². The lowest BCUT2D eigenvalue weighted by atomic mass is 9.87. The van der Waals surface area contributed by atoms with Gasteiger partial charge < -0.3 is 10.1 Å². The molecule has 0 saturated carbocycles. The van der Waals surface area contributed by atoms with E-state index in [1.165, 1.54) is 12.0 Å². The van der Waals surface area contributed by atoms with E-state index in [4.69, 9.17) is 4.74 Å². The Morgan fingerprint density at radius 1 is 1.37 bits per heavy atom. The second-order valence-electron chi connectivity index (χ2n) is 5.99. The maximum Gasteiger partial charge on any atom is 0.0557 e. The van der Waals surface area contributed by atoms with Crippen LogP contribution in [-0.4, -0.2) is 44.3 Å². The van der Waals surface area contributed by atoms with E-state index in [2.05, 4.69) is 47.5 Å². The number of benzene rings is 1. The van der Waals surface area contributed by atoms with Crippen LogP contribution in [0.4, 0.5) is 0 Å². The molecule has 1 aromatic carbocycles. The molecule has 1 N–H and O–H groups in total. The smallest absolute Gasteiger partial charge is 0.0557 e. The van der Waals surface area contributed by atoms with Crippen molar-refractivity contribution in [3.8, 4) is 0 Å². The topological polar surface area (TPSA) is 24.5 Å². The first kappa shape index (κ1) is 13.1. The summed E-state index contributed by atoms with van der Waals surface area (Å²) in [5.41, 5.74) is 1.53. The summed E-state index contributed by atoms with van der Waals surface area (Å²) in [6.07, 6.45) is 1.22. The summed E-state index contributed by atoms with van der Waals surface area (Å²) in [6.45, 7) is 8.66. The fraction of sp³-hybridized carbons (Fsp3) is 0.625. The van der Waals surface area contributed by atoms with Crippen molar-refractivity contribution in [3.63, 3.8) is 0 Å². The molecule has 2 heterocycles. The fourth-order valence-electron chi connectivity index (χ4n) is 3.32. The van der Waals surface area contributed by atoms with Gasteiger partial charge in [0.25, 0.3) is 0 Å². The van der Waals surface area contributed by atoms with Crippen LogP contribution in [0, 0.1) is 5.92 Å². The normalized spacial score (nSPS) is 32.6. The van der Waals surface area contributed by atoms with Crippen LogP contribution < -0.4 is 5.32 Å². The summed E-state index contributed by atoms with van der Waals surface area (Å²) >= 11 is 0. The maximum atomic E-state index is 5.53. The van der Waals surface area contributed by atoms with E-state index in [-0.39, 0.29) is 5.54 Å². The molecule has 0 radical (unpaired) electrons. The lowest BCUT2D eigenvalue weighted by Gasteiger charge is -2.46. The Balaban J connectivity index is 1.79. The van der Waals surface area contributed by atoms with Crippen molar-refractivity contribution in [1.82, 2.24) is 10.2 Å². The Bertz CT molecular complexity index is 402. The van der Waals surface area contributed by atoms with Crippen molar-refractivity contribution in [2.75, 3.05) is 39.4 Å².